The number of methoxy groups -OCH3 is 1. The number of fused-ring (bicyclic) bond motifs is 5. The Labute approximate surface area is 223 Å². The molecule has 2 N–H and O–H groups in total. The molecule has 11 nitrogen and oxygen atoms in total. The molecule has 5 aliphatic rings. The Morgan fingerprint density at radius 2 is 2.03 bits per heavy atom. The van der Waals surface area contributed by atoms with Gasteiger partial charge in [0, 0.05) is 18.2 Å². The van der Waals surface area contributed by atoms with E-state index in [1.54, 1.807) is 12.1 Å². The number of pyridine rings is 3. The van der Waals surface area contributed by atoms with Crippen molar-refractivity contribution < 1.29 is 32.9 Å². The molecule has 4 aliphatic heterocycles. The molecule has 1 aliphatic carbocycles. The Kier molecular flexibility index (Phi) is 5.70. The Hall–Kier alpha value is -3.77. The van der Waals surface area contributed by atoms with E-state index in [4.69, 9.17) is 23.7 Å². The molecule has 204 valence electrons. The average Bonchev–Trinajstić information content (AvgIpc) is 3.38. The molecule has 4 fully saturated rings. The number of rotatable bonds is 6. The minimum atomic E-state index is -1.03. The topological polar surface area (TPSA) is 126 Å². The van der Waals surface area contributed by atoms with Crippen LogP contribution in [-0.2, 0) is 20.8 Å². The minimum absolute atomic E-state index is 0.115. The van der Waals surface area contributed by atoms with Gasteiger partial charge in [-0.25, -0.2) is 19.2 Å². The van der Waals surface area contributed by atoms with Gasteiger partial charge in [-0.15, -0.1) is 0 Å². The SMILES string of the molecule is COc1ccc2ncc(F)c(C3OC(=O)OC3C34CCC(NCc5ccc6c(n5)NCCO6)(CC3)CO4)c2n1. The number of carbonyl (C=O) groups is 1. The molecule has 2 bridgehead atoms. The zero-order chi connectivity index (χ0) is 26.6. The number of nitrogens with zero attached hydrogens (tertiary/aromatic N) is 3. The van der Waals surface area contributed by atoms with E-state index in [0.29, 0.717) is 44.0 Å². The number of carbonyl (C=O) groups excluding carboxylic acids is 1. The number of aromatic nitrogens is 3. The van der Waals surface area contributed by atoms with E-state index >= 15 is 4.39 Å². The highest BCUT2D eigenvalue weighted by atomic mass is 19.1. The molecule has 3 aromatic heterocycles. The summed E-state index contributed by atoms with van der Waals surface area (Å²) >= 11 is 0. The summed E-state index contributed by atoms with van der Waals surface area (Å²) in [5, 5.41) is 6.93. The first-order valence-electron chi connectivity index (χ1n) is 13.1. The summed E-state index contributed by atoms with van der Waals surface area (Å²) in [6.45, 7) is 2.37. The van der Waals surface area contributed by atoms with Gasteiger partial charge >= 0.3 is 6.16 Å². The Morgan fingerprint density at radius 1 is 1.15 bits per heavy atom. The van der Waals surface area contributed by atoms with Gasteiger partial charge < -0.3 is 34.3 Å². The normalized spacial score (nSPS) is 29.2. The van der Waals surface area contributed by atoms with Crippen LogP contribution in [0.2, 0.25) is 0 Å². The first-order chi connectivity index (χ1) is 19.0. The molecule has 2 atom stereocenters. The fraction of sp³-hybridized carbons (Fsp3) is 0.481. The van der Waals surface area contributed by atoms with E-state index in [-0.39, 0.29) is 16.6 Å². The van der Waals surface area contributed by atoms with Gasteiger partial charge in [-0.1, -0.05) is 0 Å². The van der Waals surface area contributed by atoms with Crippen molar-refractivity contribution in [3.63, 3.8) is 0 Å². The average molecular weight is 538 g/mol. The third-order valence-corrected chi connectivity index (χ3v) is 8.31. The molecular formula is C27H28FN5O6. The summed E-state index contributed by atoms with van der Waals surface area (Å²) in [6, 6.07) is 7.23. The zero-order valence-electron chi connectivity index (χ0n) is 21.4. The summed E-state index contributed by atoms with van der Waals surface area (Å²) in [7, 11) is 1.48. The van der Waals surface area contributed by atoms with Gasteiger partial charge in [0.05, 0.1) is 43.2 Å². The van der Waals surface area contributed by atoms with Gasteiger partial charge in [-0.2, -0.15) is 0 Å². The number of anilines is 1. The number of cyclic esters (lactones) is 2. The number of hydrogen-bond donors (Lipinski definition) is 2. The fourth-order valence-corrected chi connectivity index (χ4v) is 6.14. The molecule has 2 unspecified atom stereocenters. The van der Waals surface area contributed by atoms with Crippen LogP contribution in [0, 0.1) is 5.82 Å². The van der Waals surface area contributed by atoms with Crippen LogP contribution in [0.3, 0.4) is 0 Å². The molecule has 7 heterocycles. The van der Waals surface area contributed by atoms with E-state index in [1.807, 2.05) is 12.1 Å². The maximum atomic E-state index is 15.3. The molecule has 39 heavy (non-hydrogen) atoms. The van der Waals surface area contributed by atoms with E-state index in [2.05, 4.69) is 25.6 Å². The fourth-order valence-electron chi connectivity index (χ4n) is 6.14. The summed E-state index contributed by atoms with van der Waals surface area (Å²) in [4.78, 5) is 25.7. The maximum Gasteiger partial charge on any atom is 0.509 e. The number of hydrogen-bond acceptors (Lipinski definition) is 11. The van der Waals surface area contributed by atoms with Crippen molar-refractivity contribution >= 4 is 23.0 Å². The van der Waals surface area contributed by atoms with Crippen molar-refractivity contribution in [3.05, 3.63) is 47.5 Å². The van der Waals surface area contributed by atoms with E-state index in [9.17, 15) is 4.79 Å². The van der Waals surface area contributed by atoms with Crippen molar-refractivity contribution in [3.8, 4) is 11.6 Å². The first-order valence-corrected chi connectivity index (χ1v) is 13.1. The molecule has 0 amide bonds. The Balaban J connectivity index is 1.11. The lowest BCUT2D eigenvalue weighted by molar-refractivity contribution is -0.209. The van der Waals surface area contributed by atoms with Crippen molar-refractivity contribution in [2.75, 3.05) is 32.2 Å². The van der Waals surface area contributed by atoms with Crippen LogP contribution in [0.5, 0.6) is 11.6 Å². The molecule has 3 saturated heterocycles. The van der Waals surface area contributed by atoms with E-state index < -0.39 is 29.8 Å². The van der Waals surface area contributed by atoms with Gasteiger partial charge in [0.25, 0.3) is 0 Å². The molecule has 12 heteroatoms. The highest BCUT2D eigenvalue weighted by Crippen LogP contribution is 2.52. The summed E-state index contributed by atoms with van der Waals surface area (Å²) in [5.41, 5.74) is 0.714. The zero-order valence-corrected chi connectivity index (χ0v) is 21.4. The first kappa shape index (κ1) is 24.3. The lowest BCUT2D eigenvalue weighted by atomic mass is 9.67. The van der Waals surface area contributed by atoms with Gasteiger partial charge in [0.2, 0.25) is 5.88 Å². The highest BCUT2D eigenvalue weighted by Gasteiger charge is 2.60. The van der Waals surface area contributed by atoms with Crippen molar-refractivity contribution in [2.45, 2.75) is 55.6 Å². The van der Waals surface area contributed by atoms with Crippen molar-refractivity contribution in [2.24, 2.45) is 0 Å². The largest absolute Gasteiger partial charge is 0.509 e. The van der Waals surface area contributed by atoms with Crippen LogP contribution in [0.1, 0.15) is 43.0 Å². The van der Waals surface area contributed by atoms with Gasteiger partial charge in [-0.05, 0) is 43.9 Å². The molecule has 0 aromatic carbocycles. The molecule has 8 rings (SSSR count). The summed E-state index contributed by atoms with van der Waals surface area (Å²) in [5.74, 6) is 1.20. The Morgan fingerprint density at radius 3 is 2.82 bits per heavy atom. The minimum Gasteiger partial charge on any atom is -0.488 e. The Bertz CT molecular complexity index is 1430. The second-order valence-corrected chi connectivity index (χ2v) is 10.5. The lowest BCUT2D eigenvalue weighted by Crippen LogP contribution is -2.65. The monoisotopic (exact) mass is 537 g/mol. The lowest BCUT2D eigenvalue weighted by Gasteiger charge is -2.55. The highest BCUT2D eigenvalue weighted by molar-refractivity contribution is 5.80. The van der Waals surface area contributed by atoms with Crippen LogP contribution in [0.4, 0.5) is 15.0 Å². The molecule has 3 aromatic rings. The number of nitrogens with one attached hydrogen (secondary N) is 2. The molecule has 1 saturated carbocycles. The van der Waals surface area contributed by atoms with Crippen molar-refractivity contribution in [1.82, 2.24) is 20.3 Å². The number of ether oxygens (including phenoxy) is 5. The van der Waals surface area contributed by atoms with Crippen LogP contribution in [0.25, 0.3) is 11.0 Å². The smallest absolute Gasteiger partial charge is 0.488 e. The van der Waals surface area contributed by atoms with E-state index in [1.165, 1.54) is 7.11 Å². The van der Waals surface area contributed by atoms with Crippen LogP contribution in [-0.4, -0.2) is 65.2 Å². The van der Waals surface area contributed by atoms with Crippen LogP contribution < -0.4 is 20.1 Å². The summed E-state index contributed by atoms with van der Waals surface area (Å²) in [6.07, 6.45) is 1.23. The van der Waals surface area contributed by atoms with Crippen LogP contribution in [0.15, 0.2) is 30.5 Å². The number of halogens is 1. The molecule has 0 radical (unpaired) electrons. The van der Waals surface area contributed by atoms with Gasteiger partial charge in [-0.3, -0.25) is 4.98 Å². The maximum absolute atomic E-state index is 15.3. The summed E-state index contributed by atoms with van der Waals surface area (Å²) < 4.78 is 43.9. The third-order valence-electron chi connectivity index (χ3n) is 8.31. The second-order valence-electron chi connectivity index (χ2n) is 10.5. The van der Waals surface area contributed by atoms with Gasteiger partial charge in [0.1, 0.15) is 17.7 Å². The molecule has 0 spiro atoms. The predicted molar refractivity (Wildman–Crippen MR) is 135 cm³/mol. The van der Waals surface area contributed by atoms with Crippen LogP contribution >= 0.6 is 0 Å². The molecular weight excluding hydrogens is 509 g/mol. The second kappa shape index (κ2) is 9.16. The van der Waals surface area contributed by atoms with Crippen molar-refractivity contribution in [1.29, 1.82) is 0 Å². The van der Waals surface area contributed by atoms with E-state index in [0.717, 1.165) is 42.8 Å². The van der Waals surface area contributed by atoms with Gasteiger partial charge in [0.15, 0.2) is 29.6 Å². The third kappa shape index (κ3) is 4.09. The standard InChI is InChI=1S/C27H28FN5O6/c1-35-19-5-3-17-21(33-19)20(16(28)13-30-17)22-23(39-25(34)38-22)27-8-6-26(7-9-27,14-37-27)31-12-15-2-4-18-24(32-15)29-10-11-36-18/h2-5,13,22-23,31H,6-12,14H2,1H3,(H,29,32). The predicted octanol–water partition coefficient (Wildman–Crippen LogP) is 3.42. The quantitative estimate of drug-likeness (QED) is 0.449.